The van der Waals surface area contributed by atoms with Gasteiger partial charge in [0.2, 0.25) is 21.8 Å². The first-order chi connectivity index (χ1) is 19.2. The number of halogens is 1. The average molecular weight is 582 g/mol. The Hall–Kier alpha value is -3.20. The second-order valence-corrected chi connectivity index (χ2v) is 12.8. The first-order valence-electron chi connectivity index (χ1n) is 13.6. The summed E-state index contributed by atoms with van der Waals surface area (Å²) in [6.45, 7) is -0.246. The van der Waals surface area contributed by atoms with Gasteiger partial charge >= 0.3 is 0 Å². The number of rotatable bonds is 11. The SMILES string of the molecule is CN(CC(=O)N(Cc1ccccc1)C(Cc1ccccc1)C(=O)NC1CCCCC1)S(=O)(=O)c1ccc(Cl)cc1. The number of hydrogen-bond acceptors (Lipinski definition) is 4. The van der Waals surface area contributed by atoms with E-state index in [1.54, 1.807) is 0 Å². The number of carbonyl (C=O) groups excluding carboxylic acids is 2. The molecule has 1 N–H and O–H groups in total. The maximum Gasteiger partial charge on any atom is 0.243 e. The fourth-order valence-corrected chi connectivity index (χ4v) is 6.28. The monoisotopic (exact) mass is 581 g/mol. The predicted molar refractivity (Wildman–Crippen MR) is 157 cm³/mol. The van der Waals surface area contributed by atoms with Crippen molar-refractivity contribution in [1.82, 2.24) is 14.5 Å². The molecule has 3 aromatic rings. The molecule has 4 rings (SSSR count). The number of amides is 2. The van der Waals surface area contributed by atoms with Crippen molar-refractivity contribution in [3.63, 3.8) is 0 Å². The zero-order chi connectivity index (χ0) is 28.5. The summed E-state index contributed by atoms with van der Waals surface area (Å²) in [6, 6.07) is 24.1. The summed E-state index contributed by atoms with van der Waals surface area (Å²) in [6.07, 6.45) is 5.43. The molecule has 3 aromatic carbocycles. The highest BCUT2D eigenvalue weighted by Crippen LogP contribution is 2.21. The first kappa shape index (κ1) is 29.8. The molecule has 2 amide bonds. The van der Waals surface area contributed by atoms with E-state index < -0.39 is 28.5 Å². The Morgan fingerprint density at radius 2 is 1.45 bits per heavy atom. The summed E-state index contributed by atoms with van der Waals surface area (Å²) in [4.78, 5) is 29.3. The number of hydrogen-bond donors (Lipinski definition) is 1. The summed E-state index contributed by atoms with van der Waals surface area (Å²) >= 11 is 5.94. The molecule has 0 spiro atoms. The van der Waals surface area contributed by atoms with E-state index in [4.69, 9.17) is 11.6 Å². The van der Waals surface area contributed by atoms with Crippen LogP contribution in [0.5, 0.6) is 0 Å². The van der Waals surface area contributed by atoms with Gasteiger partial charge in [-0.05, 0) is 48.2 Å². The largest absolute Gasteiger partial charge is 0.352 e. The third kappa shape index (κ3) is 7.93. The van der Waals surface area contributed by atoms with Crippen LogP contribution in [0.15, 0.2) is 89.8 Å². The second-order valence-electron chi connectivity index (χ2n) is 10.3. The van der Waals surface area contributed by atoms with Gasteiger partial charge in [0.1, 0.15) is 6.04 Å². The molecule has 0 heterocycles. The van der Waals surface area contributed by atoms with Crippen molar-refractivity contribution >= 4 is 33.4 Å². The highest BCUT2D eigenvalue weighted by molar-refractivity contribution is 7.89. The molecule has 0 aliphatic heterocycles. The minimum absolute atomic E-state index is 0.0395. The van der Waals surface area contributed by atoms with Gasteiger partial charge in [0.15, 0.2) is 0 Å². The molecule has 0 saturated heterocycles. The summed E-state index contributed by atoms with van der Waals surface area (Å²) in [5.41, 5.74) is 1.77. The quantitative estimate of drug-likeness (QED) is 0.343. The van der Waals surface area contributed by atoms with Crippen LogP contribution in [0.3, 0.4) is 0 Å². The lowest BCUT2D eigenvalue weighted by atomic mass is 9.94. The fourth-order valence-electron chi connectivity index (χ4n) is 5.03. The second kappa shape index (κ2) is 13.9. The number of nitrogens with zero attached hydrogens (tertiary/aromatic N) is 2. The zero-order valence-corrected chi connectivity index (χ0v) is 24.3. The summed E-state index contributed by atoms with van der Waals surface area (Å²) in [7, 11) is -2.59. The molecule has 0 bridgehead atoms. The number of nitrogens with one attached hydrogen (secondary N) is 1. The van der Waals surface area contributed by atoms with Crippen molar-refractivity contribution in [2.24, 2.45) is 0 Å². The van der Waals surface area contributed by atoms with Crippen LogP contribution in [0.2, 0.25) is 5.02 Å². The van der Waals surface area contributed by atoms with E-state index in [2.05, 4.69) is 5.32 Å². The lowest BCUT2D eigenvalue weighted by molar-refractivity contribution is -0.141. The van der Waals surface area contributed by atoms with Crippen LogP contribution in [0, 0.1) is 0 Å². The molecule has 7 nitrogen and oxygen atoms in total. The van der Waals surface area contributed by atoms with Crippen molar-refractivity contribution in [2.75, 3.05) is 13.6 Å². The molecule has 1 atom stereocenters. The summed E-state index contributed by atoms with van der Waals surface area (Å²) in [5.74, 6) is -0.674. The van der Waals surface area contributed by atoms with E-state index in [0.717, 1.165) is 47.5 Å². The third-order valence-corrected chi connectivity index (χ3v) is 9.37. The normalized spacial score (nSPS) is 15.0. The van der Waals surface area contributed by atoms with E-state index >= 15 is 0 Å². The van der Waals surface area contributed by atoms with Crippen molar-refractivity contribution in [3.8, 4) is 0 Å². The van der Waals surface area contributed by atoms with Gasteiger partial charge in [-0.1, -0.05) is 91.5 Å². The van der Waals surface area contributed by atoms with Crippen LogP contribution in [-0.2, 0) is 32.6 Å². The Bertz CT molecular complexity index is 1360. The van der Waals surface area contributed by atoms with Crippen LogP contribution in [0.1, 0.15) is 43.2 Å². The predicted octanol–water partition coefficient (Wildman–Crippen LogP) is 5.05. The van der Waals surface area contributed by atoms with Crippen LogP contribution >= 0.6 is 11.6 Å². The number of carbonyl (C=O) groups is 2. The van der Waals surface area contributed by atoms with E-state index in [9.17, 15) is 18.0 Å². The lowest BCUT2D eigenvalue weighted by Crippen LogP contribution is -2.54. The van der Waals surface area contributed by atoms with E-state index in [1.165, 1.54) is 36.2 Å². The van der Waals surface area contributed by atoms with Crippen LogP contribution in [-0.4, -0.2) is 55.1 Å². The van der Waals surface area contributed by atoms with Gasteiger partial charge in [-0.25, -0.2) is 8.42 Å². The van der Waals surface area contributed by atoms with E-state index in [0.29, 0.717) is 11.4 Å². The Labute approximate surface area is 242 Å². The molecule has 9 heteroatoms. The minimum atomic E-state index is -3.96. The Morgan fingerprint density at radius 3 is 2.05 bits per heavy atom. The van der Waals surface area contributed by atoms with Gasteiger partial charge in [-0.3, -0.25) is 9.59 Å². The van der Waals surface area contributed by atoms with Crippen molar-refractivity contribution in [2.45, 2.75) is 62.0 Å². The topological polar surface area (TPSA) is 86.8 Å². The van der Waals surface area contributed by atoms with Crippen molar-refractivity contribution < 1.29 is 18.0 Å². The maximum absolute atomic E-state index is 13.9. The minimum Gasteiger partial charge on any atom is -0.352 e. The molecule has 1 unspecified atom stereocenters. The van der Waals surface area contributed by atoms with Crippen LogP contribution in [0.4, 0.5) is 0 Å². The molecule has 0 aromatic heterocycles. The molecular weight excluding hydrogens is 546 g/mol. The first-order valence-corrected chi connectivity index (χ1v) is 15.5. The molecule has 1 aliphatic rings. The summed E-state index contributed by atoms with van der Waals surface area (Å²) < 4.78 is 27.5. The Kier molecular flexibility index (Phi) is 10.4. The van der Waals surface area contributed by atoms with Crippen LogP contribution in [0.25, 0.3) is 0 Å². The highest BCUT2D eigenvalue weighted by atomic mass is 35.5. The van der Waals surface area contributed by atoms with Gasteiger partial charge in [0.05, 0.1) is 11.4 Å². The number of likely N-dealkylation sites (N-methyl/N-ethyl adjacent to an activating group) is 1. The van der Waals surface area contributed by atoms with Crippen molar-refractivity contribution in [1.29, 1.82) is 0 Å². The van der Waals surface area contributed by atoms with Crippen molar-refractivity contribution in [3.05, 3.63) is 101 Å². The van der Waals surface area contributed by atoms with Gasteiger partial charge in [0.25, 0.3) is 0 Å². The molecule has 40 heavy (non-hydrogen) atoms. The molecule has 212 valence electrons. The Morgan fingerprint density at radius 1 is 0.875 bits per heavy atom. The average Bonchev–Trinajstić information content (AvgIpc) is 2.96. The van der Waals surface area contributed by atoms with Gasteiger partial charge in [0, 0.05) is 31.1 Å². The highest BCUT2D eigenvalue weighted by Gasteiger charge is 2.34. The van der Waals surface area contributed by atoms with E-state index in [1.807, 2.05) is 60.7 Å². The number of benzene rings is 3. The van der Waals surface area contributed by atoms with Gasteiger partial charge < -0.3 is 10.2 Å². The maximum atomic E-state index is 13.9. The fraction of sp³-hybridized carbons (Fsp3) is 0.355. The molecule has 1 fully saturated rings. The van der Waals surface area contributed by atoms with E-state index in [-0.39, 0.29) is 23.4 Å². The standard InChI is InChI=1S/C31H36ClN3O4S/c1-34(40(38,39)28-19-17-26(32)18-20-28)23-30(36)35(22-25-13-7-3-8-14-25)29(21-24-11-5-2-6-12-24)31(37)33-27-15-9-4-10-16-27/h2-3,5-8,11-14,17-20,27,29H,4,9-10,15-16,21-23H2,1H3,(H,33,37). The van der Waals surface area contributed by atoms with Gasteiger partial charge in [-0.15, -0.1) is 0 Å². The Balaban J connectivity index is 1.64. The zero-order valence-electron chi connectivity index (χ0n) is 22.7. The lowest BCUT2D eigenvalue weighted by Gasteiger charge is -2.34. The molecule has 1 aliphatic carbocycles. The summed E-state index contributed by atoms with van der Waals surface area (Å²) in [5, 5.41) is 3.61. The van der Waals surface area contributed by atoms with Gasteiger partial charge in [-0.2, -0.15) is 4.31 Å². The smallest absolute Gasteiger partial charge is 0.243 e. The van der Waals surface area contributed by atoms with Crippen LogP contribution < -0.4 is 5.32 Å². The molecule has 0 radical (unpaired) electrons. The third-order valence-electron chi connectivity index (χ3n) is 7.30. The molecule has 1 saturated carbocycles. The number of sulfonamides is 1. The molecular formula is C31H36ClN3O4S.